The van der Waals surface area contributed by atoms with E-state index in [2.05, 4.69) is 20.6 Å². The van der Waals surface area contributed by atoms with Crippen LogP contribution in [-0.4, -0.2) is 54.0 Å². The summed E-state index contributed by atoms with van der Waals surface area (Å²) in [4.78, 5) is 26.9. The minimum Gasteiger partial charge on any atom is -0.365 e. The highest BCUT2D eigenvalue weighted by atomic mass is 35.5. The van der Waals surface area contributed by atoms with Gasteiger partial charge >= 0.3 is 6.03 Å². The number of rotatable bonds is 4. The summed E-state index contributed by atoms with van der Waals surface area (Å²) in [5.74, 6) is -0.643. The van der Waals surface area contributed by atoms with Crippen LogP contribution in [0.1, 0.15) is 21.6 Å². The molecule has 0 bridgehead atoms. The van der Waals surface area contributed by atoms with Gasteiger partial charge in [0, 0.05) is 30.2 Å². The first-order chi connectivity index (χ1) is 15.9. The summed E-state index contributed by atoms with van der Waals surface area (Å²) in [5.41, 5.74) is 9.33. The van der Waals surface area contributed by atoms with Crippen LogP contribution in [0.25, 0.3) is 16.9 Å². The summed E-state index contributed by atoms with van der Waals surface area (Å²) in [6.07, 6.45) is 4.46. The molecule has 0 aliphatic carbocycles. The van der Waals surface area contributed by atoms with E-state index in [1.807, 2.05) is 0 Å². The van der Waals surface area contributed by atoms with Crippen molar-refractivity contribution in [3.05, 3.63) is 64.7 Å². The van der Waals surface area contributed by atoms with Crippen LogP contribution in [0.5, 0.6) is 0 Å². The lowest BCUT2D eigenvalue weighted by molar-refractivity contribution is 0.0997. The molecule has 0 atom stereocenters. The van der Waals surface area contributed by atoms with Gasteiger partial charge in [0.25, 0.3) is 5.91 Å². The number of hydrogen-bond donors (Lipinski definition) is 3. The maximum absolute atomic E-state index is 12.8. The molecule has 11 nitrogen and oxygen atoms in total. The molecular weight excluding hydrogens is 446 g/mol. The van der Waals surface area contributed by atoms with Crippen LogP contribution in [0.2, 0.25) is 5.02 Å². The third-order valence-corrected chi connectivity index (χ3v) is 5.74. The molecule has 1 aromatic carbocycles. The van der Waals surface area contributed by atoms with E-state index in [9.17, 15) is 9.59 Å². The number of carbonyl (C=O) groups excluding carboxylic acids is 2. The van der Waals surface area contributed by atoms with Crippen molar-refractivity contribution < 1.29 is 9.59 Å². The summed E-state index contributed by atoms with van der Waals surface area (Å²) in [6.45, 7) is 0.971. The van der Waals surface area contributed by atoms with Gasteiger partial charge in [0.1, 0.15) is 12.0 Å². The Labute approximate surface area is 192 Å². The number of anilines is 1. The molecule has 0 fully saturated rings. The molecule has 0 radical (unpaired) electrons. The Bertz CT molecular complexity index is 1410. The number of nitrogens with two attached hydrogens (primary N) is 1. The van der Waals surface area contributed by atoms with Gasteiger partial charge in [0.2, 0.25) is 0 Å². The average Bonchev–Trinajstić information content (AvgIpc) is 3.44. The average molecular weight is 464 g/mol. The van der Waals surface area contributed by atoms with E-state index in [0.29, 0.717) is 46.4 Å². The van der Waals surface area contributed by atoms with Crippen molar-refractivity contribution in [1.29, 1.82) is 5.41 Å². The van der Waals surface area contributed by atoms with Gasteiger partial charge < -0.3 is 21.4 Å². The van der Waals surface area contributed by atoms with Crippen molar-refractivity contribution in [2.45, 2.75) is 13.1 Å². The third-order valence-electron chi connectivity index (χ3n) is 5.46. The van der Waals surface area contributed by atoms with Crippen molar-refractivity contribution in [3.8, 4) is 11.3 Å². The lowest BCUT2D eigenvalue weighted by atomic mass is 10.1. The number of aromatic nitrogens is 5. The van der Waals surface area contributed by atoms with Crippen molar-refractivity contribution in [2.24, 2.45) is 5.73 Å². The zero-order valence-corrected chi connectivity index (χ0v) is 18.0. The summed E-state index contributed by atoms with van der Waals surface area (Å²) in [7, 11) is 0. The molecule has 33 heavy (non-hydrogen) atoms. The standard InChI is InChI=1S/C21H18ClN9O2/c22-15-7-13(9-30-11-25-27-20(15)30)18-17(19(24)32)16-10-29(5-6-31(16)28-18)21(33)26-14-3-1-12(8-23)2-4-14/h1-4,7-9,11,23H,5-6,10H2,(H2,24,32)(H,26,33). The maximum Gasteiger partial charge on any atom is 0.322 e. The molecule has 3 amide bonds. The molecule has 4 heterocycles. The lowest BCUT2D eigenvalue weighted by Crippen LogP contribution is -2.41. The van der Waals surface area contributed by atoms with Crippen LogP contribution in [0, 0.1) is 5.41 Å². The molecule has 5 rings (SSSR count). The summed E-state index contributed by atoms with van der Waals surface area (Å²) < 4.78 is 3.34. The number of nitrogens with zero attached hydrogens (tertiary/aromatic N) is 6. The van der Waals surface area contributed by atoms with Crippen molar-refractivity contribution in [3.63, 3.8) is 0 Å². The predicted molar refractivity (Wildman–Crippen MR) is 121 cm³/mol. The van der Waals surface area contributed by atoms with Gasteiger partial charge in [-0.25, -0.2) is 4.79 Å². The van der Waals surface area contributed by atoms with Crippen LogP contribution in [0.4, 0.5) is 10.5 Å². The van der Waals surface area contributed by atoms with Crippen LogP contribution < -0.4 is 11.1 Å². The molecule has 4 N–H and O–H groups in total. The van der Waals surface area contributed by atoms with E-state index in [-0.39, 0.29) is 18.1 Å². The molecule has 1 aliphatic heterocycles. The van der Waals surface area contributed by atoms with E-state index in [4.69, 9.17) is 22.7 Å². The predicted octanol–water partition coefficient (Wildman–Crippen LogP) is 2.39. The number of pyridine rings is 1. The van der Waals surface area contributed by atoms with Gasteiger partial charge in [-0.3, -0.25) is 13.9 Å². The van der Waals surface area contributed by atoms with Gasteiger partial charge in [0.15, 0.2) is 5.65 Å². The molecule has 0 spiro atoms. The first-order valence-corrected chi connectivity index (χ1v) is 10.4. The molecule has 12 heteroatoms. The maximum atomic E-state index is 12.8. The van der Waals surface area contributed by atoms with E-state index >= 15 is 0 Å². The Kier molecular flexibility index (Phi) is 5.02. The van der Waals surface area contributed by atoms with E-state index in [0.717, 1.165) is 5.56 Å². The summed E-state index contributed by atoms with van der Waals surface area (Å²) in [6, 6.07) is 8.28. The Morgan fingerprint density at radius 1 is 1.21 bits per heavy atom. The van der Waals surface area contributed by atoms with Crippen LogP contribution in [0.15, 0.2) is 42.9 Å². The molecule has 166 valence electrons. The Hall–Kier alpha value is -4.25. The van der Waals surface area contributed by atoms with Crippen molar-refractivity contribution in [2.75, 3.05) is 11.9 Å². The highest BCUT2D eigenvalue weighted by molar-refractivity contribution is 6.33. The van der Waals surface area contributed by atoms with Crippen LogP contribution in [0.3, 0.4) is 0 Å². The molecule has 3 aromatic heterocycles. The van der Waals surface area contributed by atoms with E-state index < -0.39 is 5.91 Å². The number of urea groups is 1. The molecule has 0 saturated heterocycles. The second-order valence-electron chi connectivity index (χ2n) is 7.51. The number of fused-ring (bicyclic) bond motifs is 2. The Morgan fingerprint density at radius 3 is 2.73 bits per heavy atom. The topological polar surface area (TPSA) is 147 Å². The van der Waals surface area contributed by atoms with Gasteiger partial charge in [-0.05, 0) is 23.8 Å². The summed E-state index contributed by atoms with van der Waals surface area (Å²) >= 11 is 6.33. The second-order valence-corrected chi connectivity index (χ2v) is 7.92. The first kappa shape index (κ1) is 20.6. The number of amides is 3. The highest BCUT2D eigenvalue weighted by Crippen LogP contribution is 2.31. The first-order valence-electron chi connectivity index (χ1n) is 10.00. The van der Waals surface area contributed by atoms with E-state index in [1.54, 1.807) is 50.5 Å². The van der Waals surface area contributed by atoms with Crippen molar-refractivity contribution in [1.82, 2.24) is 29.3 Å². The molecule has 0 unspecified atom stereocenters. The fraction of sp³-hybridized carbons (Fsp3) is 0.143. The van der Waals surface area contributed by atoms with Gasteiger partial charge in [-0.15, -0.1) is 10.2 Å². The lowest BCUT2D eigenvalue weighted by Gasteiger charge is -2.28. The fourth-order valence-electron chi connectivity index (χ4n) is 3.84. The van der Waals surface area contributed by atoms with Crippen LogP contribution in [-0.2, 0) is 13.1 Å². The zero-order valence-electron chi connectivity index (χ0n) is 17.2. The molecule has 0 saturated carbocycles. The zero-order chi connectivity index (χ0) is 23.1. The van der Waals surface area contributed by atoms with Gasteiger partial charge in [0.05, 0.1) is 29.4 Å². The largest absolute Gasteiger partial charge is 0.365 e. The number of hydrogen-bond acceptors (Lipinski definition) is 6. The molecule has 1 aliphatic rings. The van der Waals surface area contributed by atoms with Gasteiger partial charge in [-0.2, -0.15) is 5.10 Å². The number of nitrogens with one attached hydrogen (secondary N) is 2. The Balaban J connectivity index is 1.45. The minimum atomic E-state index is -0.643. The molecule has 4 aromatic rings. The fourth-order valence-corrected chi connectivity index (χ4v) is 4.10. The third kappa shape index (κ3) is 3.68. The highest BCUT2D eigenvalue weighted by Gasteiger charge is 2.30. The number of carbonyl (C=O) groups is 2. The quantitative estimate of drug-likeness (QED) is 0.397. The second kappa shape index (κ2) is 8.02. The van der Waals surface area contributed by atoms with Crippen LogP contribution >= 0.6 is 11.6 Å². The van der Waals surface area contributed by atoms with Crippen molar-refractivity contribution >= 4 is 41.1 Å². The van der Waals surface area contributed by atoms with Gasteiger partial charge in [-0.1, -0.05) is 23.7 Å². The smallest absolute Gasteiger partial charge is 0.322 e. The SMILES string of the molecule is N=Cc1ccc(NC(=O)N2CCn3nc(-c4cc(Cl)c5nncn5c4)c(C(N)=O)c3C2)cc1. The normalized spacial score (nSPS) is 13.1. The number of primary amides is 1. The monoisotopic (exact) mass is 463 g/mol. The minimum absolute atomic E-state index is 0.165. The molecular formula is C21H18ClN9O2. The number of benzene rings is 1. The Morgan fingerprint density at radius 2 is 2.00 bits per heavy atom. The van der Waals surface area contributed by atoms with E-state index in [1.165, 1.54) is 12.5 Å². The number of halogens is 1. The summed E-state index contributed by atoms with van der Waals surface area (Å²) in [5, 5.41) is 22.9.